The van der Waals surface area contributed by atoms with Crippen molar-refractivity contribution in [2.75, 3.05) is 13.1 Å². The quantitative estimate of drug-likeness (QED) is 0.788. The normalized spacial score (nSPS) is 18.0. The highest BCUT2D eigenvalue weighted by atomic mass is 16.4. The highest BCUT2D eigenvalue weighted by molar-refractivity contribution is 5.89. The number of hydrogen-bond acceptors (Lipinski definition) is 2. The van der Waals surface area contributed by atoms with Crippen molar-refractivity contribution >= 4 is 16.9 Å². The van der Waals surface area contributed by atoms with Gasteiger partial charge < -0.3 is 9.67 Å². The number of aromatic nitrogens is 1. The number of rotatable bonds is 4. The van der Waals surface area contributed by atoms with Crippen LogP contribution >= 0.6 is 0 Å². The molecule has 2 aromatic carbocycles. The molecule has 1 atom stereocenters. The molecule has 1 saturated heterocycles. The molecule has 1 aliphatic rings. The number of aromatic carboxylic acids is 1. The second kappa shape index (κ2) is 6.37. The van der Waals surface area contributed by atoms with Gasteiger partial charge in [-0.05, 0) is 48.0 Å². The van der Waals surface area contributed by atoms with Crippen molar-refractivity contribution in [2.45, 2.75) is 18.9 Å². The zero-order valence-corrected chi connectivity index (χ0v) is 14.4. The maximum Gasteiger partial charge on any atom is 0.335 e. The van der Waals surface area contributed by atoms with Gasteiger partial charge in [0.05, 0.1) is 5.56 Å². The summed E-state index contributed by atoms with van der Waals surface area (Å²) in [5, 5.41) is 10.7. The van der Waals surface area contributed by atoms with E-state index in [1.807, 2.05) is 12.1 Å². The third-order valence-corrected chi connectivity index (χ3v) is 5.34. The molecule has 25 heavy (non-hydrogen) atoms. The van der Waals surface area contributed by atoms with Crippen LogP contribution in [0.2, 0.25) is 0 Å². The molecular formula is C21H22N2O2. The summed E-state index contributed by atoms with van der Waals surface area (Å²) in [5.74, 6) is -0.537. The van der Waals surface area contributed by atoms with Gasteiger partial charge in [-0.2, -0.15) is 0 Å². The average molecular weight is 334 g/mol. The zero-order chi connectivity index (χ0) is 17.4. The fourth-order valence-corrected chi connectivity index (χ4v) is 4.00. The summed E-state index contributed by atoms with van der Waals surface area (Å²) in [6.45, 7) is 2.81. The van der Waals surface area contributed by atoms with Crippen molar-refractivity contribution in [2.24, 2.45) is 7.05 Å². The van der Waals surface area contributed by atoms with Crippen molar-refractivity contribution in [1.29, 1.82) is 0 Å². The Balaban J connectivity index is 1.53. The predicted molar refractivity (Wildman–Crippen MR) is 99.0 cm³/mol. The number of nitrogens with zero attached hydrogens (tertiary/aromatic N) is 2. The predicted octanol–water partition coefficient (Wildman–Crippen LogP) is 3.87. The Kier molecular flexibility index (Phi) is 4.06. The van der Waals surface area contributed by atoms with Crippen LogP contribution in [0.25, 0.3) is 10.9 Å². The smallest absolute Gasteiger partial charge is 0.335 e. The molecule has 1 aromatic heterocycles. The van der Waals surface area contributed by atoms with Gasteiger partial charge in [-0.25, -0.2) is 4.79 Å². The summed E-state index contributed by atoms with van der Waals surface area (Å²) in [7, 11) is 2.12. The van der Waals surface area contributed by atoms with Gasteiger partial charge in [0.2, 0.25) is 0 Å². The lowest BCUT2D eigenvalue weighted by Gasteiger charge is -2.17. The summed E-state index contributed by atoms with van der Waals surface area (Å²) >= 11 is 0. The van der Waals surface area contributed by atoms with Gasteiger partial charge in [-0.15, -0.1) is 0 Å². The maximum absolute atomic E-state index is 11.5. The van der Waals surface area contributed by atoms with E-state index in [1.54, 1.807) is 12.1 Å². The van der Waals surface area contributed by atoms with Crippen LogP contribution in [0.15, 0.2) is 54.6 Å². The van der Waals surface area contributed by atoms with Crippen molar-refractivity contribution in [3.8, 4) is 0 Å². The van der Waals surface area contributed by atoms with Crippen LogP contribution in [0.3, 0.4) is 0 Å². The molecule has 4 rings (SSSR count). The molecule has 2 heterocycles. The number of para-hydroxylation sites is 1. The van der Waals surface area contributed by atoms with Gasteiger partial charge in [0.1, 0.15) is 0 Å². The Hall–Kier alpha value is -2.59. The summed E-state index contributed by atoms with van der Waals surface area (Å²) in [6, 6.07) is 18.1. The van der Waals surface area contributed by atoms with Crippen LogP contribution < -0.4 is 0 Å². The van der Waals surface area contributed by atoms with E-state index in [1.165, 1.54) is 16.6 Å². The van der Waals surface area contributed by atoms with E-state index < -0.39 is 5.97 Å². The Morgan fingerprint density at radius 3 is 2.72 bits per heavy atom. The standard InChI is InChI=1S/C21H22N2O2/c1-22-17(12-15-6-2-5-9-20(15)22)14-23-11-10-16(13-23)18-7-3-4-8-19(18)21(24)25/h2-9,12,16H,10-11,13-14H2,1H3,(H,24,25)/t16-/m1/s1. The van der Waals surface area contributed by atoms with E-state index in [-0.39, 0.29) is 0 Å². The lowest BCUT2D eigenvalue weighted by atomic mass is 9.93. The molecule has 4 nitrogen and oxygen atoms in total. The molecule has 1 aliphatic heterocycles. The average Bonchev–Trinajstić information content (AvgIpc) is 3.21. The van der Waals surface area contributed by atoms with Crippen molar-refractivity contribution < 1.29 is 9.90 Å². The minimum Gasteiger partial charge on any atom is -0.478 e. The zero-order valence-electron chi connectivity index (χ0n) is 14.4. The fourth-order valence-electron chi connectivity index (χ4n) is 4.00. The second-order valence-corrected chi connectivity index (χ2v) is 6.87. The number of benzene rings is 2. The van der Waals surface area contributed by atoms with Crippen LogP contribution in [0.1, 0.15) is 34.0 Å². The molecule has 0 aliphatic carbocycles. The van der Waals surface area contributed by atoms with Gasteiger partial charge in [-0.3, -0.25) is 4.90 Å². The first-order valence-electron chi connectivity index (χ1n) is 8.71. The Morgan fingerprint density at radius 1 is 1.16 bits per heavy atom. The Morgan fingerprint density at radius 2 is 1.92 bits per heavy atom. The second-order valence-electron chi connectivity index (χ2n) is 6.87. The molecule has 0 saturated carbocycles. The van der Waals surface area contributed by atoms with E-state index in [0.717, 1.165) is 31.6 Å². The van der Waals surface area contributed by atoms with Crippen LogP contribution in [0, 0.1) is 0 Å². The highest BCUT2D eigenvalue weighted by Gasteiger charge is 2.27. The minimum absolute atomic E-state index is 0.294. The number of likely N-dealkylation sites (tertiary alicyclic amines) is 1. The van der Waals surface area contributed by atoms with Gasteiger partial charge >= 0.3 is 5.97 Å². The van der Waals surface area contributed by atoms with Crippen LogP contribution in [-0.2, 0) is 13.6 Å². The summed E-state index contributed by atoms with van der Waals surface area (Å²) in [4.78, 5) is 13.9. The molecule has 0 unspecified atom stereocenters. The third-order valence-electron chi connectivity index (χ3n) is 5.34. The number of hydrogen-bond donors (Lipinski definition) is 1. The lowest BCUT2D eigenvalue weighted by Crippen LogP contribution is -2.21. The van der Waals surface area contributed by atoms with Gasteiger partial charge in [-0.1, -0.05) is 36.4 Å². The van der Waals surface area contributed by atoms with E-state index in [0.29, 0.717) is 11.5 Å². The SMILES string of the molecule is Cn1c(CN2CC[C@@H](c3ccccc3C(=O)O)C2)cc2ccccc21. The first-order valence-corrected chi connectivity index (χ1v) is 8.71. The van der Waals surface area contributed by atoms with Gasteiger partial charge in [0, 0.05) is 31.3 Å². The van der Waals surface area contributed by atoms with E-state index in [2.05, 4.69) is 46.8 Å². The first-order chi connectivity index (χ1) is 12.1. The molecule has 128 valence electrons. The molecule has 3 aromatic rings. The molecule has 0 bridgehead atoms. The summed E-state index contributed by atoms with van der Waals surface area (Å²) in [5.41, 5.74) is 3.96. The summed E-state index contributed by atoms with van der Waals surface area (Å²) in [6.07, 6.45) is 1.01. The van der Waals surface area contributed by atoms with Crippen molar-refractivity contribution in [1.82, 2.24) is 9.47 Å². The van der Waals surface area contributed by atoms with Crippen molar-refractivity contribution in [3.63, 3.8) is 0 Å². The van der Waals surface area contributed by atoms with Crippen LogP contribution in [0.4, 0.5) is 0 Å². The topological polar surface area (TPSA) is 45.5 Å². The van der Waals surface area contributed by atoms with Crippen LogP contribution in [0.5, 0.6) is 0 Å². The molecular weight excluding hydrogens is 312 g/mol. The minimum atomic E-state index is -0.831. The number of fused-ring (bicyclic) bond motifs is 1. The molecule has 0 amide bonds. The van der Waals surface area contributed by atoms with Crippen LogP contribution in [-0.4, -0.2) is 33.6 Å². The lowest BCUT2D eigenvalue weighted by molar-refractivity contribution is 0.0695. The van der Waals surface area contributed by atoms with Gasteiger partial charge in [0.15, 0.2) is 0 Å². The Labute approximate surface area is 147 Å². The molecule has 0 spiro atoms. The molecule has 4 heteroatoms. The molecule has 1 N–H and O–H groups in total. The third kappa shape index (κ3) is 2.94. The number of aryl methyl sites for hydroxylation is 1. The largest absolute Gasteiger partial charge is 0.478 e. The van der Waals surface area contributed by atoms with E-state index >= 15 is 0 Å². The first kappa shape index (κ1) is 15.9. The van der Waals surface area contributed by atoms with E-state index in [4.69, 9.17) is 0 Å². The summed E-state index contributed by atoms with van der Waals surface area (Å²) < 4.78 is 2.26. The Bertz CT molecular complexity index is 929. The highest BCUT2D eigenvalue weighted by Crippen LogP contribution is 2.31. The molecule has 1 fully saturated rings. The maximum atomic E-state index is 11.5. The van der Waals surface area contributed by atoms with Gasteiger partial charge in [0.25, 0.3) is 0 Å². The number of carboxylic acids is 1. The number of carbonyl (C=O) groups is 1. The fraction of sp³-hybridized carbons (Fsp3) is 0.286. The monoisotopic (exact) mass is 334 g/mol. The van der Waals surface area contributed by atoms with Crippen molar-refractivity contribution in [3.05, 3.63) is 71.4 Å². The number of carboxylic acid groups (broad SMARTS) is 1. The van der Waals surface area contributed by atoms with E-state index in [9.17, 15) is 9.90 Å². The molecule has 0 radical (unpaired) electrons.